The normalized spacial score (nSPS) is 12.8. The van der Waals surface area contributed by atoms with Crippen LogP contribution >= 0.6 is 15.9 Å². The number of carbonyl (C=O) groups is 2. The topological polar surface area (TPSA) is 37.4 Å². The first kappa shape index (κ1) is 15.4. The fourth-order valence-electron chi connectivity index (χ4n) is 1.17. The van der Waals surface area contributed by atoms with Crippen molar-refractivity contribution in [3.63, 3.8) is 0 Å². The van der Waals surface area contributed by atoms with Crippen LogP contribution in [0.3, 0.4) is 0 Å². The number of nitrogens with zero attached hydrogens (tertiary/aromatic N) is 1. The molecule has 0 rings (SSSR count). The Balaban J connectivity index is 3.88. The molecule has 0 aromatic heterocycles. The molecular formula is C12H20BrNO2. The number of amides is 1. The van der Waals surface area contributed by atoms with Gasteiger partial charge in [0.05, 0.1) is 0 Å². The van der Waals surface area contributed by atoms with Gasteiger partial charge in [0.15, 0.2) is 10.6 Å². The molecule has 1 amide bonds. The zero-order valence-electron chi connectivity index (χ0n) is 10.2. The first-order chi connectivity index (χ1) is 7.50. The molecule has 16 heavy (non-hydrogen) atoms. The lowest BCUT2D eigenvalue weighted by Gasteiger charge is -2.14. The molecule has 0 aliphatic carbocycles. The number of ketones is 1. The van der Waals surface area contributed by atoms with E-state index in [9.17, 15) is 9.59 Å². The van der Waals surface area contributed by atoms with E-state index < -0.39 is 4.83 Å². The molecule has 0 aromatic rings. The second kappa shape index (κ2) is 8.50. The molecule has 0 N–H and O–H groups in total. The van der Waals surface area contributed by atoms with Crippen molar-refractivity contribution in [1.29, 1.82) is 0 Å². The molecule has 0 aliphatic heterocycles. The molecule has 1 unspecified atom stereocenters. The SMILES string of the molecule is CCC=CCCCC(=O)C(Br)C(=O)N(C)C. The molecule has 0 saturated heterocycles. The molecule has 0 spiro atoms. The summed E-state index contributed by atoms with van der Waals surface area (Å²) in [6, 6.07) is 0. The van der Waals surface area contributed by atoms with E-state index in [0.717, 1.165) is 19.3 Å². The maximum Gasteiger partial charge on any atom is 0.243 e. The van der Waals surface area contributed by atoms with Crippen LogP contribution in [0.15, 0.2) is 12.2 Å². The van der Waals surface area contributed by atoms with Crippen LogP contribution in [-0.4, -0.2) is 35.5 Å². The molecule has 92 valence electrons. The van der Waals surface area contributed by atoms with E-state index in [2.05, 4.69) is 35.0 Å². The van der Waals surface area contributed by atoms with Crippen molar-refractivity contribution in [2.45, 2.75) is 37.4 Å². The fourth-order valence-corrected chi connectivity index (χ4v) is 1.81. The van der Waals surface area contributed by atoms with Gasteiger partial charge in [0.25, 0.3) is 0 Å². The molecule has 0 aliphatic rings. The zero-order chi connectivity index (χ0) is 12.6. The average Bonchev–Trinajstić information content (AvgIpc) is 2.26. The zero-order valence-corrected chi connectivity index (χ0v) is 11.8. The number of hydrogen-bond acceptors (Lipinski definition) is 2. The predicted molar refractivity (Wildman–Crippen MR) is 69.7 cm³/mol. The second-order valence-electron chi connectivity index (χ2n) is 3.83. The summed E-state index contributed by atoms with van der Waals surface area (Å²) in [6.07, 6.45) is 7.33. The van der Waals surface area contributed by atoms with Crippen LogP contribution in [0.5, 0.6) is 0 Å². The Bertz CT molecular complexity index is 262. The highest BCUT2D eigenvalue weighted by atomic mass is 79.9. The van der Waals surface area contributed by atoms with Gasteiger partial charge < -0.3 is 4.90 Å². The van der Waals surface area contributed by atoms with Crippen molar-refractivity contribution in [2.24, 2.45) is 0 Å². The van der Waals surface area contributed by atoms with Crippen LogP contribution in [0.25, 0.3) is 0 Å². The predicted octanol–water partition coefficient (Wildman–Crippen LogP) is 2.54. The maximum atomic E-state index is 11.6. The molecule has 4 heteroatoms. The highest BCUT2D eigenvalue weighted by Crippen LogP contribution is 2.10. The van der Waals surface area contributed by atoms with Gasteiger partial charge >= 0.3 is 0 Å². The van der Waals surface area contributed by atoms with Crippen LogP contribution in [0.4, 0.5) is 0 Å². The van der Waals surface area contributed by atoms with Crippen molar-refractivity contribution >= 4 is 27.6 Å². The van der Waals surface area contributed by atoms with Crippen LogP contribution in [0.1, 0.15) is 32.6 Å². The molecule has 0 heterocycles. The fraction of sp³-hybridized carbons (Fsp3) is 0.667. The summed E-state index contributed by atoms with van der Waals surface area (Å²) < 4.78 is 0. The Morgan fingerprint density at radius 2 is 1.94 bits per heavy atom. The van der Waals surface area contributed by atoms with Crippen LogP contribution in [-0.2, 0) is 9.59 Å². The van der Waals surface area contributed by atoms with Gasteiger partial charge in [-0.3, -0.25) is 9.59 Å². The summed E-state index contributed by atoms with van der Waals surface area (Å²) in [4.78, 5) is 23.8. The maximum absolute atomic E-state index is 11.6. The minimum atomic E-state index is -0.683. The number of carbonyl (C=O) groups excluding carboxylic acids is 2. The Morgan fingerprint density at radius 3 is 2.44 bits per heavy atom. The third-order valence-electron chi connectivity index (χ3n) is 2.14. The Morgan fingerprint density at radius 1 is 1.31 bits per heavy atom. The van der Waals surface area contributed by atoms with E-state index in [-0.39, 0.29) is 11.7 Å². The third-order valence-corrected chi connectivity index (χ3v) is 3.04. The second-order valence-corrected chi connectivity index (χ2v) is 4.75. The number of alkyl halides is 1. The molecule has 0 saturated carbocycles. The number of allylic oxidation sites excluding steroid dienone is 2. The monoisotopic (exact) mass is 289 g/mol. The molecule has 0 radical (unpaired) electrons. The summed E-state index contributed by atoms with van der Waals surface area (Å²) in [5, 5.41) is 0. The molecule has 1 atom stereocenters. The lowest BCUT2D eigenvalue weighted by Crippen LogP contribution is -2.34. The standard InChI is InChI=1S/C12H20BrNO2/c1-4-5-6-7-8-9-10(15)11(13)12(16)14(2)3/h5-6,11H,4,7-9H2,1-3H3. The first-order valence-corrected chi connectivity index (χ1v) is 6.45. The van der Waals surface area contributed by atoms with Gasteiger partial charge in [0.2, 0.25) is 5.91 Å². The molecule has 3 nitrogen and oxygen atoms in total. The highest BCUT2D eigenvalue weighted by Gasteiger charge is 2.23. The Hall–Kier alpha value is -0.640. The van der Waals surface area contributed by atoms with Gasteiger partial charge in [0.1, 0.15) is 0 Å². The lowest BCUT2D eigenvalue weighted by atomic mass is 10.1. The van der Waals surface area contributed by atoms with E-state index in [1.54, 1.807) is 14.1 Å². The molecule has 0 aromatic carbocycles. The van der Waals surface area contributed by atoms with E-state index in [1.165, 1.54) is 4.90 Å². The van der Waals surface area contributed by atoms with Gasteiger partial charge in [-0.25, -0.2) is 0 Å². The summed E-state index contributed by atoms with van der Waals surface area (Å²) in [5.74, 6) is -0.224. The molecule has 0 fully saturated rings. The molecule has 0 bridgehead atoms. The van der Waals surface area contributed by atoms with E-state index in [0.29, 0.717) is 6.42 Å². The quantitative estimate of drug-likeness (QED) is 0.313. The summed E-state index contributed by atoms with van der Waals surface area (Å²) in [5.41, 5.74) is 0. The summed E-state index contributed by atoms with van der Waals surface area (Å²) >= 11 is 3.13. The average molecular weight is 290 g/mol. The first-order valence-electron chi connectivity index (χ1n) is 5.53. The van der Waals surface area contributed by atoms with Crippen molar-refractivity contribution in [2.75, 3.05) is 14.1 Å². The van der Waals surface area contributed by atoms with E-state index in [1.807, 2.05) is 0 Å². The smallest absolute Gasteiger partial charge is 0.243 e. The van der Waals surface area contributed by atoms with Crippen LogP contribution in [0.2, 0.25) is 0 Å². The molecular weight excluding hydrogens is 270 g/mol. The summed E-state index contributed by atoms with van der Waals surface area (Å²) in [7, 11) is 3.29. The third kappa shape index (κ3) is 6.05. The number of unbranched alkanes of at least 4 members (excludes halogenated alkanes) is 1. The summed E-state index contributed by atoms with van der Waals surface area (Å²) in [6.45, 7) is 2.08. The number of hydrogen-bond donors (Lipinski definition) is 0. The van der Waals surface area contributed by atoms with Crippen molar-refractivity contribution in [3.8, 4) is 0 Å². The number of halogens is 1. The van der Waals surface area contributed by atoms with E-state index >= 15 is 0 Å². The largest absolute Gasteiger partial charge is 0.347 e. The van der Waals surface area contributed by atoms with Crippen molar-refractivity contribution < 1.29 is 9.59 Å². The van der Waals surface area contributed by atoms with Gasteiger partial charge in [-0.2, -0.15) is 0 Å². The van der Waals surface area contributed by atoms with Gasteiger partial charge in [0, 0.05) is 20.5 Å². The van der Waals surface area contributed by atoms with Crippen molar-refractivity contribution in [3.05, 3.63) is 12.2 Å². The Labute approximate surface area is 106 Å². The van der Waals surface area contributed by atoms with Crippen LogP contribution < -0.4 is 0 Å². The van der Waals surface area contributed by atoms with Gasteiger partial charge in [-0.1, -0.05) is 35.0 Å². The number of rotatable bonds is 7. The number of Topliss-reactive ketones (excluding diaryl/α,β-unsaturated/α-hetero) is 1. The van der Waals surface area contributed by atoms with Gasteiger partial charge in [-0.05, 0) is 19.3 Å². The van der Waals surface area contributed by atoms with Crippen LogP contribution in [0, 0.1) is 0 Å². The van der Waals surface area contributed by atoms with Gasteiger partial charge in [-0.15, -0.1) is 0 Å². The minimum absolute atomic E-state index is 0.0383. The lowest BCUT2D eigenvalue weighted by molar-refractivity contribution is -0.132. The highest BCUT2D eigenvalue weighted by molar-refractivity contribution is 9.10. The van der Waals surface area contributed by atoms with E-state index in [4.69, 9.17) is 0 Å². The van der Waals surface area contributed by atoms with Crippen molar-refractivity contribution in [1.82, 2.24) is 4.90 Å². The minimum Gasteiger partial charge on any atom is -0.347 e. The Kier molecular flexibility index (Phi) is 8.16.